The molecule has 0 bridgehead atoms. The van der Waals surface area contributed by atoms with E-state index >= 15 is 0 Å². The van der Waals surface area contributed by atoms with Crippen molar-refractivity contribution in [1.82, 2.24) is 9.97 Å². The van der Waals surface area contributed by atoms with E-state index < -0.39 is 10.4 Å². The zero-order valence-corrected chi connectivity index (χ0v) is 12.2. The van der Waals surface area contributed by atoms with Gasteiger partial charge in [0.1, 0.15) is 0 Å². The number of rotatable bonds is 0. The fraction of sp³-hybridized carbons (Fsp3) is 0.167. The Balaban J connectivity index is 0.000000296. The van der Waals surface area contributed by atoms with E-state index in [0.29, 0.717) is 0 Å². The highest BCUT2D eigenvalue weighted by molar-refractivity contribution is 7.79. The molecule has 0 amide bonds. The summed E-state index contributed by atoms with van der Waals surface area (Å²) in [5.41, 5.74) is 1.73. The number of pyridine rings is 2. The average molecular weight is 316 g/mol. The SMILES string of the molecule is Cc1cccc(=O)[nH]1.Cc1cccc(=O)[nH]1.O=S(=O)(O)O. The van der Waals surface area contributed by atoms with E-state index in [2.05, 4.69) is 9.97 Å². The van der Waals surface area contributed by atoms with E-state index in [1.54, 1.807) is 12.1 Å². The minimum absolute atomic E-state index is 0.0370. The molecule has 9 heteroatoms. The molecule has 8 nitrogen and oxygen atoms in total. The van der Waals surface area contributed by atoms with Crippen molar-refractivity contribution in [3.8, 4) is 0 Å². The van der Waals surface area contributed by atoms with E-state index in [1.807, 2.05) is 26.0 Å². The molecule has 0 saturated heterocycles. The standard InChI is InChI=1S/2C6H7NO.H2O4S/c2*1-5-3-2-4-6(8)7-5;1-5(2,3)4/h2*2-4H,1H3,(H,7,8);(H2,1,2,3,4). The van der Waals surface area contributed by atoms with Crippen molar-refractivity contribution in [3.05, 3.63) is 68.5 Å². The molecular weight excluding hydrogens is 300 g/mol. The zero-order chi connectivity index (χ0) is 16.5. The van der Waals surface area contributed by atoms with Gasteiger partial charge in [-0.15, -0.1) is 0 Å². The topological polar surface area (TPSA) is 140 Å². The van der Waals surface area contributed by atoms with Crippen LogP contribution in [-0.4, -0.2) is 27.5 Å². The molecule has 0 saturated carbocycles. The van der Waals surface area contributed by atoms with Crippen LogP contribution >= 0.6 is 0 Å². The average Bonchev–Trinajstić information content (AvgIpc) is 2.26. The van der Waals surface area contributed by atoms with Gasteiger partial charge < -0.3 is 9.97 Å². The van der Waals surface area contributed by atoms with Gasteiger partial charge in [-0.3, -0.25) is 18.7 Å². The van der Waals surface area contributed by atoms with Gasteiger partial charge in [-0.1, -0.05) is 12.1 Å². The molecule has 0 unspecified atom stereocenters. The number of hydrogen-bond donors (Lipinski definition) is 4. The predicted octanol–water partition coefficient (Wildman–Crippen LogP) is 0.714. The highest BCUT2D eigenvalue weighted by Gasteiger charge is 1.84. The summed E-state index contributed by atoms with van der Waals surface area (Å²) in [5.74, 6) is 0. The fourth-order valence-electron chi connectivity index (χ4n) is 1.12. The van der Waals surface area contributed by atoms with Crippen LogP contribution in [0.2, 0.25) is 0 Å². The molecule has 2 aromatic heterocycles. The molecular formula is C12H16N2O6S. The molecule has 21 heavy (non-hydrogen) atoms. The van der Waals surface area contributed by atoms with Gasteiger partial charge in [0.2, 0.25) is 11.1 Å². The molecule has 4 N–H and O–H groups in total. The Bertz CT molecular complexity index is 704. The molecule has 0 radical (unpaired) electrons. The Morgan fingerprint density at radius 1 is 0.810 bits per heavy atom. The molecule has 0 aromatic carbocycles. The molecule has 0 aliphatic heterocycles. The summed E-state index contributed by atoms with van der Waals surface area (Å²) in [7, 11) is -4.67. The van der Waals surface area contributed by atoms with Crippen LogP contribution in [0.5, 0.6) is 0 Å². The maximum absolute atomic E-state index is 10.4. The first-order chi connectivity index (χ1) is 9.58. The summed E-state index contributed by atoms with van der Waals surface area (Å²) in [5, 5.41) is 0. The Hall–Kier alpha value is -2.23. The predicted molar refractivity (Wildman–Crippen MR) is 77.8 cm³/mol. The monoisotopic (exact) mass is 316 g/mol. The summed E-state index contributed by atoms with van der Waals surface area (Å²) in [4.78, 5) is 26.1. The van der Waals surface area contributed by atoms with Crippen LogP contribution in [0, 0.1) is 13.8 Å². The van der Waals surface area contributed by atoms with Crippen molar-refractivity contribution in [1.29, 1.82) is 0 Å². The van der Waals surface area contributed by atoms with Crippen LogP contribution in [-0.2, 0) is 10.4 Å². The molecule has 0 spiro atoms. The van der Waals surface area contributed by atoms with E-state index in [0.717, 1.165) is 11.4 Å². The quantitative estimate of drug-likeness (QED) is 0.528. The summed E-state index contributed by atoms with van der Waals surface area (Å²) in [6.07, 6.45) is 0. The van der Waals surface area contributed by atoms with Crippen LogP contribution in [0.1, 0.15) is 11.4 Å². The second-order valence-corrected chi connectivity index (χ2v) is 4.74. The highest BCUT2D eigenvalue weighted by Crippen LogP contribution is 1.82. The summed E-state index contributed by atoms with van der Waals surface area (Å²) in [6.45, 7) is 3.70. The third-order valence-electron chi connectivity index (χ3n) is 1.83. The molecule has 2 aromatic rings. The largest absolute Gasteiger partial charge is 0.394 e. The van der Waals surface area contributed by atoms with E-state index in [-0.39, 0.29) is 11.1 Å². The van der Waals surface area contributed by atoms with E-state index in [9.17, 15) is 9.59 Å². The number of aromatic amines is 2. The third kappa shape index (κ3) is 14.0. The first-order valence-electron chi connectivity index (χ1n) is 5.59. The smallest absolute Gasteiger partial charge is 0.327 e. The second kappa shape index (κ2) is 8.84. The minimum atomic E-state index is -4.67. The summed E-state index contributed by atoms with van der Waals surface area (Å²) in [6, 6.07) is 10.1. The second-order valence-electron chi connectivity index (χ2n) is 3.84. The Morgan fingerprint density at radius 3 is 1.24 bits per heavy atom. The van der Waals surface area contributed by atoms with Gasteiger partial charge in [0.05, 0.1) is 0 Å². The minimum Gasteiger partial charge on any atom is -0.327 e. The molecule has 0 fully saturated rings. The normalized spacial score (nSPS) is 9.71. The number of nitrogens with one attached hydrogen (secondary N) is 2. The molecule has 2 heterocycles. The number of H-pyrrole nitrogens is 2. The molecule has 116 valence electrons. The van der Waals surface area contributed by atoms with Crippen LogP contribution in [0.15, 0.2) is 46.0 Å². The molecule has 0 atom stereocenters. The molecule has 0 aliphatic carbocycles. The summed E-state index contributed by atoms with van der Waals surface area (Å²) >= 11 is 0. The molecule has 2 rings (SSSR count). The van der Waals surface area contributed by atoms with Gasteiger partial charge in [-0.2, -0.15) is 8.42 Å². The highest BCUT2D eigenvalue weighted by atomic mass is 32.3. The van der Waals surface area contributed by atoms with Crippen molar-refractivity contribution in [2.75, 3.05) is 0 Å². The van der Waals surface area contributed by atoms with E-state index in [4.69, 9.17) is 17.5 Å². The third-order valence-corrected chi connectivity index (χ3v) is 1.83. The van der Waals surface area contributed by atoms with Gasteiger partial charge in [-0.25, -0.2) is 0 Å². The van der Waals surface area contributed by atoms with Crippen LogP contribution in [0.25, 0.3) is 0 Å². The lowest BCUT2D eigenvalue weighted by atomic mass is 10.4. The van der Waals surface area contributed by atoms with Crippen LogP contribution in [0.3, 0.4) is 0 Å². The van der Waals surface area contributed by atoms with Crippen molar-refractivity contribution in [2.24, 2.45) is 0 Å². The first kappa shape index (κ1) is 18.8. The van der Waals surface area contributed by atoms with Gasteiger partial charge in [-0.05, 0) is 26.0 Å². The zero-order valence-electron chi connectivity index (χ0n) is 11.4. The number of hydrogen-bond acceptors (Lipinski definition) is 4. The van der Waals surface area contributed by atoms with Crippen molar-refractivity contribution < 1.29 is 17.5 Å². The van der Waals surface area contributed by atoms with Crippen molar-refractivity contribution in [2.45, 2.75) is 13.8 Å². The lowest BCUT2D eigenvalue weighted by Crippen LogP contribution is -2.02. The van der Waals surface area contributed by atoms with Crippen LogP contribution < -0.4 is 11.1 Å². The lowest BCUT2D eigenvalue weighted by Gasteiger charge is -1.84. The first-order valence-corrected chi connectivity index (χ1v) is 6.99. The Kier molecular flexibility index (Phi) is 7.91. The Labute approximate surface area is 121 Å². The number of aryl methyl sites for hydroxylation is 2. The van der Waals surface area contributed by atoms with Crippen LogP contribution in [0.4, 0.5) is 0 Å². The van der Waals surface area contributed by atoms with Gasteiger partial charge in [0.15, 0.2) is 0 Å². The number of aromatic nitrogens is 2. The lowest BCUT2D eigenvalue weighted by molar-refractivity contribution is 0.381. The Morgan fingerprint density at radius 2 is 1.10 bits per heavy atom. The summed E-state index contributed by atoms with van der Waals surface area (Å²) < 4.78 is 31.6. The van der Waals surface area contributed by atoms with Gasteiger partial charge in [0.25, 0.3) is 0 Å². The maximum Gasteiger partial charge on any atom is 0.394 e. The maximum atomic E-state index is 10.4. The van der Waals surface area contributed by atoms with Crippen molar-refractivity contribution >= 4 is 10.4 Å². The fourth-order valence-corrected chi connectivity index (χ4v) is 1.12. The molecule has 0 aliphatic rings. The van der Waals surface area contributed by atoms with Crippen molar-refractivity contribution in [3.63, 3.8) is 0 Å². The van der Waals surface area contributed by atoms with E-state index in [1.165, 1.54) is 12.1 Å². The van der Waals surface area contributed by atoms with Gasteiger partial charge in [0, 0.05) is 23.5 Å². The van der Waals surface area contributed by atoms with Gasteiger partial charge >= 0.3 is 10.4 Å².